The number of aromatic nitrogens is 1. The molecule has 0 radical (unpaired) electrons. The lowest BCUT2D eigenvalue weighted by molar-refractivity contribution is -0.118. The molecule has 7 heteroatoms. The molecule has 6 nitrogen and oxygen atoms in total. The third kappa shape index (κ3) is 5.14. The lowest BCUT2D eigenvalue weighted by Crippen LogP contribution is -2.36. The molecule has 28 heavy (non-hydrogen) atoms. The maximum Gasteiger partial charge on any atom is 0.262 e. The van der Waals surface area contributed by atoms with E-state index >= 15 is 0 Å². The summed E-state index contributed by atoms with van der Waals surface area (Å²) < 4.78 is 11.1. The Morgan fingerprint density at radius 1 is 1.32 bits per heavy atom. The molecule has 1 N–H and O–H groups in total. The summed E-state index contributed by atoms with van der Waals surface area (Å²) in [5, 5.41) is 3.52. The Morgan fingerprint density at radius 3 is 2.71 bits per heavy atom. The average molecular weight is 404 g/mol. The van der Waals surface area contributed by atoms with Crippen LogP contribution in [0.15, 0.2) is 30.5 Å². The maximum atomic E-state index is 12.3. The minimum Gasteiger partial charge on any atom is -0.483 e. The van der Waals surface area contributed by atoms with E-state index in [1.165, 1.54) is 0 Å². The first kappa shape index (κ1) is 20.4. The molecule has 2 heterocycles. The molecule has 1 fully saturated rings. The van der Waals surface area contributed by atoms with Crippen LogP contribution in [0.4, 0.5) is 11.5 Å². The van der Waals surface area contributed by atoms with Crippen LogP contribution in [0.5, 0.6) is 5.75 Å². The molecule has 1 saturated heterocycles. The van der Waals surface area contributed by atoms with E-state index in [9.17, 15) is 4.79 Å². The van der Waals surface area contributed by atoms with Gasteiger partial charge in [0.15, 0.2) is 6.61 Å². The number of hydrogen-bond acceptors (Lipinski definition) is 5. The topological polar surface area (TPSA) is 63.7 Å². The van der Waals surface area contributed by atoms with Gasteiger partial charge in [0.05, 0.1) is 25.1 Å². The number of nitrogens with one attached hydrogen (secondary N) is 1. The second-order valence-corrected chi connectivity index (χ2v) is 7.54. The molecule has 3 rings (SSSR count). The number of carbonyl (C=O) groups excluding carboxylic acids is 1. The smallest absolute Gasteiger partial charge is 0.262 e. The molecule has 1 aliphatic rings. The predicted molar refractivity (Wildman–Crippen MR) is 112 cm³/mol. The van der Waals surface area contributed by atoms with Crippen LogP contribution in [0.2, 0.25) is 5.02 Å². The van der Waals surface area contributed by atoms with E-state index < -0.39 is 0 Å². The lowest BCUT2D eigenvalue weighted by Gasteiger charge is -2.27. The Bertz CT molecular complexity index is 818. The van der Waals surface area contributed by atoms with Crippen molar-refractivity contribution in [2.24, 2.45) is 0 Å². The minimum absolute atomic E-state index is 0.0774. The minimum atomic E-state index is -0.233. The Labute approximate surface area is 170 Å². The highest BCUT2D eigenvalue weighted by molar-refractivity contribution is 6.31. The van der Waals surface area contributed by atoms with E-state index in [2.05, 4.69) is 29.0 Å². The van der Waals surface area contributed by atoms with Gasteiger partial charge in [-0.15, -0.1) is 0 Å². The number of aryl methyl sites for hydroxylation is 1. The van der Waals surface area contributed by atoms with Crippen LogP contribution in [-0.2, 0) is 9.53 Å². The van der Waals surface area contributed by atoms with Gasteiger partial charge in [-0.2, -0.15) is 0 Å². The fourth-order valence-corrected chi connectivity index (χ4v) is 3.20. The molecular formula is C21H26ClN3O3. The summed E-state index contributed by atoms with van der Waals surface area (Å²) in [7, 11) is 0. The number of nitrogens with zero attached hydrogens (tertiary/aromatic N) is 2. The van der Waals surface area contributed by atoms with Crippen molar-refractivity contribution in [3.8, 4) is 5.75 Å². The molecule has 0 bridgehead atoms. The molecular weight excluding hydrogens is 378 g/mol. The SMILES string of the molecule is Cc1cc(OCC(=O)Nc2ccc(N3CCOCC3)nc2)c(C(C)C)cc1Cl. The summed E-state index contributed by atoms with van der Waals surface area (Å²) in [4.78, 5) is 18.9. The summed E-state index contributed by atoms with van der Waals surface area (Å²) in [6.45, 7) is 9.04. The largest absolute Gasteiger partial charge is 0.483 e. The van der Waals surface area contributed by atoms with E-state index in [4.69, 9.17) is 21.1 Å². The fraction of sp³-hybridized carbons (Fsp3) is 0.429. The van der Waals surface area contributed by atoms with Gasteiger partial charge in [0, 0.05) is 18.1 Å². The number of amides is 1. The van der Waals surface area contributed by atoms with Crippen molar-refractivity contribution >= 4 is 29.0 Å². The standard InChI is InChI=1S/C21H26ClN3O3/c1-14(2)17-11-18(22)15(3)10-19(17)28-13-21(26)24-16-4-5-20(23-12-16)25-6-8-27-9-7-25/h4-5,10-12,14H,6-9,13H2,1-3H3,(H,24,26). The lowest BCUT2D eigenvalue weighted by atomic mass is 10.0. The number of morpholine rings is 1. The van der Waals surface area contributed by atoms with E-state index in [0.717, 1.165) is 30.0 Å². The number of halogens is 1. The van der Waals surface area contributed by atoms with Gasteiger partial charge in [0.2, 0.25) is 0 Å². The van der Waals surface area contributed by atoms with E-state index in [1.54, 1.807) is 6.20 Å². The van der Waals surface area contributed by atoms with Crippen LogP contribution in [0.3, 0.4) is 0 Å². The third-order valence-corrected chi connectivity index (χ3v) is 5.05. The van der Waals surface area contributed by atoms with Crippen molar-refractivity contribution < 1.29 is 14.3 Å². The van der Waals surface area contributed by atoms with Gasteiger partial charge in [-0.05, 0) is 48.2 Å². The maximum absolute atomic E-state index is 12.3. The van der Waals surface area contributed by atoms with Gasteiger partial charge >= 0.3 is 0 Å². The third-order valence-electron chi connectivity index (χ3n) is 4.64. The summed E-state index contributed by atoms with van der Waals surface area (Å²) >= 11 is 6.22. The Hall–Kier alpha value is -2.31. The van der Waals surface area contributed by atoms with Gasteiger partial charge in [-0.25, -0.2) is 4.98 Å². The zero-order valence-electron chi connectivity index (χ0n) is 16.5. The number of hydrogen-bond donors (Lipinski definition) is 1. The van der Waals surface area contributed by atoms with Crippen LogP contribution < -0.4 is 15.0 Å². The fourth-order valence-electron chi connectivity index (χ4n) is 3.03. The van der Waals surface area contributed by atoms with Crippen LogP contribution >= 0.6 is 11.6 Å². The molecule has 1 aliphatic heterocycles. The van der Waals surface area contributed by atoms with Gasteiger partial charge in [0.25, 0.3) is 5.91 Å². The number of benzene rings is 1. The van der Waals surface area contributed by atoms with Gasteiger partial charge < -0.3 is 19.7 Å². The predicted octanol–water partition coefficient (Wildman–Crippen LogP) is 4.02. The van der Waals surface area contributed by atoms with Crippen molar-refractivity contribution in [3.63, 3.8) is 0 Å². The molecule has 0 unspecified atom stereocenters. The molecule has 0 saturated carbocycles. The number of carbonyl (C=O) groups is 1. The molecule has 150 valence electrons. The highest BCUT2D eigenvalue weighted by Gasteiger charge is 2.14. The molecule has 0 spiro atoms. The monoisotopic (exact) mass is 403 g/mol. The number of rotatable bonds is 6. The van der Waals surface area contributed by atoms with Gasteiger partial charge in [0.1, 0.15) is 11.6 Å². The zero-order chi connectivity index (χ0) is 20.1. The van der Waals surface area contributed by atoms with Crippen molar-refractivity contribution in [1.82, 2.24) is 4.98 Å². The molecule has 1 amide bonds. The molecule has 1 aromatic carbocycles. The quantitative estimate of drug-likeness (QED) is 0.789. The summed E-state index contributed by atoms with van der Waals surface area (Å²) in [6.07, 6.45) is 1.66. The summed E-state index contributed by atoms with van der Waals surface area (Å²) in [5.74, 6) is 1.58. The first-order valence-corrected chi connectivity index (χ1v) is 9.83. The average Bonchev–Trinajstić information content (AvgIpc) is 2.69. The first-order valence-electron chi connectivity index (χ1n) is 9.45. The number of ether oxygens (including phenoxy) is 2. The van der Waals surface area contributed by atoms with Crippen molar-refractivity contribution in [2.45, 2.75) is 26.7 Å². The van der Waals surface area contributed by atoms with Gasteiger partial charge in [-0.1, -0.05) is 25.4 Å². The highest BCUT2D eigenvalue weighted by Crippen LogP contribution is 2.32. The normalized spacial score (nSPS) is 14.2. The zero-order valence-corrected chi connectivity index (χ0v) is 17.3. The summed E-state index contributed by atoms with van der Waals surface area (Å²) in [5.41, 5.74) is 2.55. The van der Waals surface area contributed by atoms with E-state index in [0.29, 0.717) is 29.7 Å². The van der Waals surface area contributed by atoms with Crippen LogP contribution in [-0.4, -0.2) is 43.8 Å². The number of pyridine rings is 1. The van der Waals surface area contributed by atoms with E-state index in [1.807, 2.05) is 31.2 Å². The molecule has 2 aromatic rings. The second-order valence-electron chi connectivity index (χ2n) is 7.14. The molecule has 0 atom stereocenters. The summed E-state index contributed by atoms with van der Waals surface area (Å²) in [6, 6.07) is 7.54. The Morgan fingerprint density at radius 2 is 2.07 bits per heavy atom. The second kappa shape index (κ2) is 9.26. The van der Waals surface area contributed by atoms with Gasteiger partial charge in [-0.3, -0.25) is 4.79 Å². The Kier molecular flexibility index (Phi) is 6.75. The molecule has 0 aliphatic carbocycles. The van der Waals surface area contributed by atoms with E-state index in [-0.39, 0.29) is 18.4 Å². The highest BCUT2D eigenvalue weighted by atomic mass is 35.5. The Balaban J connectivity index is 1.58. The van der Waals surface area contributed by atoms with Crippen molar-refractivity contribution in [1.29, 1.82) is 0 Å². The van der Waals surface area contributed by atoms with Crippen LogP contribution in [0.1, 0.15) is 30.9 Å². The van der Waals surface area contributed by atoms with Crippen molar-refractivity contribution in [2.75, 3.05) is 43.1 Å². The molecule has 1 aromatic heterocycles. The van der Waals surface area contributed by atoms with Crippen LogP contribution in [0, 0.1) is 6.92 Å². The van der Waals surface area contributed by atoms with Crippen LogP contribution in [0.25, 0.3) is 0 Å². The first-order chi connectivity index (χ1) is 13.4. The van der Waals surface area contributed by atoms with Crippen molar-refractivity contribution in [3.05, 3.63) is 46.6 Å². The number of anilines is 2.